The molecule has 0 aliphatic carbocycles. The molecule has 0 atom stereocenters. The molecule has 7 heteroatoms. The number of hydrogen-bond donors (Lipinski definition) is 3. The highest BCUT2D eigenvalue weighted by atomic mass is 16.2. The Bertz CT molecular complexity index is 764. The van der Waals surface area contributed by atoms with E-state index in [-0.39, 0.29) is 17.7 Å². The quantitative estimate of drug-likeness (QED) is 0.754. The third-order valence-corrected chi connectivity index (χ3v) is 3.63. The van der Waals surface area contributed by atoms with Crippen LogP contribution in [0.2, 0.25) is 0 Å². The lowest BCUT2D eigenvalue weighted by Crippen LogP contribution is -2.27. The van der Waals surface area contributed by atoms with Gasteiger partial charge in [0.25, 0.3) is 5.91 Å². The van der Waals surface area contributed by atoms with Gasteiger partial charge in [-0.05, 0) is 37.3 Å². The van der Waals surface area contributed by atoms with E-state index in [9.17, 15) is 14.4 Å². The first-order chi connectivity index (χ1) is 11.0. The molecule has 0 unspecified atom stereocenters. The molecule has 3 N–H and O–H groups in total. The van der Waals surface area contributed by atoms with Crippen LogP contribution in [0.15, 0.2) is 36.5 Å². The van der Waals surface area contributed by atoms with Crippen LogP contribution < -0.4 is 15.5 Å². The Labute approximate surface area is 132 Å². The van der Waals surface area contributed by atoms with Crippen molar-refractivity contribution in [2.75, 3.05) is 23.3 Å². The van der Waals surface area contributed by atoms with Crippen LogP contribution in [-0.4, -0.2) is 35.8 Å². The maximum absolute atomic E-state index is 12.1. The van der Waals surface area contributed by atoms with Gasteiger partial charge in [0.15, 0.2) is 5.78 Å². The van der Waals surface area contributed by atoms with Crippen LogP contribution in [-0.2, 0) is 0 Å². The lowest BCUT2D eigenvalue weighted by molar-refractivity contribution is 0.101. The second kappa shape index (κ2) is 5.96. The summed E-state index contributed by atoms with van der Waals surface area (Å²) in [7, 11) is 0. The minimum absolute atomic E-state index is 0.103. The molecule has 7 nitrogen and oxygen atoms in total. The summed E-state index contributed by atoms with van der Waals surface area (Å²) in [6, 6.07) is 8.40. The molecule has 3 amide bonds. The van der Waals surface area contributed by atoms with Gasteiger partial charge in [-0.25, -0.2) is 4.79 Å². The average Bonchev–Trinajstić information content (AvgIpc) is 3.17. The van der Waals surface area contributed by atoms with E-state index in [1.54, 1.807) is 29.2 Å². The van der Waals surface area contributed by atoms with Crippen molar-refractivity contribution in [2.45, 2.75) is 6.92 Å². The molecule has 0 bridgehead atoms. The summed E-state index contributed by atoms with van der Waals surface area (Å²) in [5, 5.41) is 5.47. The zero-order chi connectivity index (χ0) is 16.4. The molecule has 118 valence electrons. The largest absolute Gasteiger partial charge is 0.356 e. The average molecular weight is 312 g/mol. The maximum atomic E-state index is 12.1. The summed E-state index contributed by atoms with van der Waals surface area (Å²) in [5.41, 5.74) is 2.16. The van der Waals surface area contributed by atoms with Crippen LogP contribution in [0.1, 0.15) is 27.8 Å². The first-order valence-electron chi connectivity index (χ1n) is 7.21. The monoisotopic (exact) mass is 312 g/mol. The number of aromatic nitrogens is 1. The molecule has 2 aromatic rings. The number of benzene rings is 1. The summed E-state index contributed by atoms with van der Waals surface area (Å²) in [5.74, 6) is -0.433. The molecule has 1 aliphatic heterocycles. The molecular formula is C16H16N4O3. The SMILES string of the molecule is CC(=O)c1c[nH]c(C(=O)Nc2ccc(N3CCNC3=O)cc2)c1. The molecule has 1 fully saturated rings. The van der Waals surface area contributed by atoms with Crippen molar-refractivity contribution in [3.8, 4) is 0 Å². The van der Waals surface area contributed by atoms with Crippen molar-refractivity contribution in [3.05, 3.63) is 47.8 Å². The number of nitrogens with one attached hydrogen (secondary N) is 3. The van der Waals surface area contributed by atoms with E-state index >= 15 is 0 Å². The smallest absolute Gasteiger partial charge is 0.321 e. The third-order valence-electron chi connectivity index (χ3n) is 3.63. The molecule has 1 aromatic heterocycles. The minimum atomic E-state index is -0.329. The van der Waals surface area contributed by atoms with Crippen molar-refractivity contribution in [1.82, 2.24) is 10.3 Å². The summed E-state index contributed by atoms with van der Waals surface area (Å²) >= 11 is 0. The molecule has 0 radical (unpaired) electrons. The number of carbonyl (C=O) groups excluding carboxylic acids is 3. The number of Topliss-reactive ketones (excluding diaryl/α,β-unsaturated/α-hetero) is 1. The summed E-state index contributed by atoms with van der Waals surface area (Å²) in [6.07, 6.45) is 1.51. The molecule has 2 heterocycles. The standard InChI is InChI=1S/C16H16N4O3/c1-10(21)11-8-14(18-9-11)15(22)19-12-2-4-13(5-3-12)20-7-6-17-16(20)23/h2-5,8-9,18H,6-7H2,1H3,(H,17,23)(H,19,22). The predicted molar refractivity (Wildman–Crippen MR) is 85.9 cm³/mol. The third kappa shape index (κ3) is 3.08. The zero-order valence-electron chi connectivity index (χ0n) is 12.6. The van der Waals surface area contributed by atoms with E-state index in [0.29, 0.717) is 30.0 Å². The number of carbonyl (C=O) groups is 3. The van der Waals surface area contributed by atoms with Crippen molar-refractivity contribution in [3.63, 3.8) is 0 Å². The fourth-order valence-corrected chi connectivity index (χ4v) is 2.37. The van der Waals surface area contributed by atoms with Gasteiger partial charge in [-0.2, -0.15) is 0 Å². The van der Waals surface area contributed by atoms with Crippen LogP contribution >= 0.6 is 0 Å². The number of rotatable bonds is 4. The van der Waals surface area contributed by atoms with Gasteiger partial charge in [-0.1, -0.05) is 0 Å². The van der Waals surface area contributed by atoms with E-state index in [2.05, 4.69) is 15.6 Å². The number of aromatic amines is 1. The van der Waals surface area contributed by atoms with Crippen molar-refractivity contribution in [1.29, 1.82) is 0 Å². The van der Waals surface area contributed by atoms with Crippen LogP contribution in [0.4, 0.5) is 16.2 Å². The number of H-pyrrole nitrogens is 1. The highest BCUT2D eigenvalue weighted by Gasteiger charge is 2.20. The number of amides is 3. The van der Waals surface area contributed by atoms with Gasteiger partial charge < -0.3 is 15.6 Å². The highest BCUT2D eigenvalue weighted by molar-refractivity contribution is 6.05. The number of hydrogen-bond acceptors (Lipinski definition) is 3. The Balaban J connectivity index is 1.68. The van der Waals surface area contributed by atoms with Crippen LogP contribution in [0.5, 0.6) is 0 Å². The molecule has 1 aliphatic rings. The van der Waals surface area contributed by atoms with Gasteiger partial charge in [0.1, 0.15) is 5.69 Å². The number of ketones is 1. The van der Waals surface area contributed by atoms with Crippen molar-refractivity contribution >= 4 is 29.1 Å². The molecule has 23 heavy (non-hydrogen) atoms. The number of urea groups is 1. The predicted octanol–water partition coefficient (Wildman–Crippen LogP) is 2.00. The molecule has 0 spiro atoms. The highest BCUT2D eigenvalue weighted by Crippen LogP contribution is 2.20. The van der Waals surface area contributed by atoms with E-state index in [4.69, 9.17) is 0 Å². The molecule has 3 rings (SSSR count). The first-order valence-corrected chi connectivity index (χ1v) is 7.21. The summed E-state index contributed by atoms with van der Waals surface area (Å²) in [6.45, 7) is 2.70. The molecular weight excluding hydrogens is 296 g/mol. The lowest BCUT2D eigenvalue weighted by Gasteiger charge is -2.14. The summed E-state index contributed by atoms with van der Waals surface area (Å²) < 4.78 is 0. The number of anilines is 2. The van der Waals surface area contributed by atoms with Gasteiger partial charge >= 0.3 is 6.03 Å². The van der Waals surface area contributed by atoms with E-state index in [0.717, 1.165) is 5.69 Å². The Hall–Kier alpha value is -3.09. The fraction of sp³-hybridized carbons (Fsp3) is 0.188. The minimum Gasteiger partial charge on any atom is -0.356 e. The lowest BCUT2D eigenvalue weighted by atomic mass is 10.2. The van der Waals surface area contributed by atoms with E-state index < -0.39 is 0 Å². The molecule has 1 aromatic carbocycles. The topological polar surface area (TPSA) is 94.3 Å². The Morgan fingerprint density at radius 2 is 1.96 bits per heavy atom. The summed E-state index contributed by atoms with van der Waals surface area (Å²) in [4.78, 5) is 39.4. The van der Waals surface area contributed by atoms with Crippen LogP contribution in [0, 0.1) is 0 Å². The van der Waals surface area contributed by atoms with Gasteiger partial charge in [0, 0.05) is 36.2 Å². The fourth-order valence-electron chi connectivity index (χ4n) is 2.37. The Morgan fingerprint density at radius 1 is 1.22 bits per heavy atom. The number of nitrogens with zero attached hydrogens (tertiary/aromatic N) is 1. The maximum Gasteiger partial charge on any atom is 0.321 e. The van der Waals surface area contributed by atoms with Crippen LogP contribution in [0.25, 0.3) is 0 Å². The second-order valence-electron chi connectivity index (χ2n) is 5.24. The zero-order valence-corrected chi connectivity index (χ0v) is 12.6. The van der Waals surface area contributed by atoms with Gasteiger partial charge in [-0.3, -0.25) is 14.5 Å². The van der Waals surface area contributed by atoms with Gasteiger partial charge in [-0.15, -0.1) is 0 Å². The van der Waals surface area contributed by atoms with Gasteiger partial charge in [0.05, 0.1) is 0 Å². The normalized spacial score (nSPS) is 13.8. The Kier molecular flexibility index (Phi) is 3.84. The second-order valence-corrected chi connectivity index (χ2v) is 5.24. The molecule has 1 saturated heterocycles. The van der Waals surface area contributed by atoms with Gasteiger partial charge in [0.2, 0.25) is 0 Å². The van der Waals surface area contributed by atoms with E-state index in [1.165, 1.54) is 19.2 Å². The Morgan fingerprint density at radius 3 is 2.52 bits per heavy atom. The van der Waals surface area contributed by atoms with E-state index in [1.807, 2.05) is 0 Å². The van der Waals surface area contributed by atoms with Crippen molar-refractivity contribution < 1.29 is 14.4 Å². The molecule has 0 saturated carbocycles. The first kappa shape index (κ1) is 14.8. The van der Waals surface area contributed by atoms with Crippen molar-refractivity contribution in [2.24, 2.45) is 0 Å². The van der Waals surface area contributed by atoms with Crippen LogP contribution in [0.3, 0.4) is 0 Å².